The van der Waals surface area contributed by atoms with Crippen LogP contribution in [0.4, 0.5) is 0 Å². The van der Waals surface area contributed by atoms with Crippen LogP contribution in [0.25, 0.3) is 0 Å². The lowest BCUT2D eigenvalue weighted by Gasteiger charge is -2.39. The van der Waals surface area contributed by atoms with E-state index >= 15 is 0 Å². The molecule has 2 unspecified atom stereocenters. The molecule has 24 heavy (non-hydrogen) atoms. The number of carbonyl (C=O) groups excluding carboxylic acids is 2. The van der Waals surface area contributed by atoms with Gasteiger partial charge in [0.25, 0.3) is 0 Å². The Hall–Kier alpha value is -1.82. The molecule has 0 spiro atoms. The van der Waals surface area contributed by atoms with Gasteiger partial charge in [0.1, 0.15) is 0 Å². The second-order valence-electron chi connectivity index (χ2n) is 6.38. The first kappa shape index (κ1) is 18.5. The molecule has 0 aliphatic heterocycles. The van der Waals surface area contributed by atoms with E-state index < -0.39 is 17.4 Å². The lowest BCUT2D eigenvalue weighted by molar-refractivity contribution is -0.146. The Bertz CT molecular complexity index is 604. The van der Waals surface area contributed by atoms with E-state index in [0.29, 0.717) is 18.4 Å². The van der Waals surface area contributed by atoms with Gasteiger partial charge in [0, 0.05) is 5.56 Å². The van der Waals surface area contributed by atoms with Crippen LogP contribution in [-0.2, 0) is 9.59 Å². The molecule has 2 N–H and O–H groups in total. The zero-order valence-corrected chi connectivity index (χ0v) is 14.6. The van der Waals surface area contributed by atoms with Crippen molar-refractivity contribution in [2.45, 2.75) is 38.1 Å². The Morgan fingerprint density at radius 2 is 1.92 bits per heavy atom. The molecule has 1 saturated carbocycles. The van der Waals surface area contributed by atoms with Gasteiger partial charge >= 0.3 is 5.97 Å². The average molecular weight is 349 g/mol. The highest BCUT2D eigenvalue weighted by Crippen LogP contribution is 2.33. The standard InChI is InChI=1S/C18H23NO4S/c1-18(10-6-5-9-14(18)17(22)23)19-16(21)12-24-11-15(20)13-7-3-2-4-8-13/h2-4,7-8,14H,5-6,9-12H2,1H3,(H,19,21)(H,22,23). The van der Waals surface area contributed by atoms with Gasteiger partial charge in [-0.15, -0.1) is 11.8 Å². The molecule has 1 aromatic rings. The summed E-state index contributed by atoms with van der Waals surface area (Å²) in [5, 5.41) is 12.2. The van der Waals surface area contributed by atoms with Crippen LogP contribution < -0.4 is 5.32 Å². The van der Waals surface area contributed by atoms with E-state index in [2.05, 4.69) is 5.32 Å². The zero-order valence-electron chi connectivity index (χ0n) is 13.8. The minimum absolute atomic E-state index is 0.0132. The van der Waals surface area contributed by atoms with Crippen LogP contribution in [0.2, 0.25) is 0 Å². The second kappa shape index (κ2) is 8.33. The van der Waals surface area contributed by atoms with Gasteiger partial charge in [0.05, 0.1) is 23.0 Å². The summed E-state index contributed by atoms with van der Waals surface area (Å²) in [5.74, 6) is -1.25. The summed E-state index contributed by atoms with van der Waals surface area (Å²) >= 11 is 1.25. The fourth-order valence-corrected chi connectivity index (χ4v) is 3.89. The number of thioether (sulfide) groups is 1. The lowest BCUT2D eigenvalue weighted by Crippen LogP contribution is -2.55. The number of carbonyl (C=O) groups is 3. The van der Waals surface area contributed by atoms with Crippen molar-refractivity contribution in [3.63, 3.8) is 0 Å². The van der Waals surface area contributed by atoms with Crippen LogP contribution in [0.3, 0.4) is 0 Å². The molecule has 1 fully saturated rings. The van der Waals surface area contributed by atoms with Crippen molar-refractivity contribution in [1.82, 2.24) is 5.32 Å². The van der Waals surface area contributed by atoms with Gasteiger partial charge in [-0.3, -0.25) is 14.4 Å². The van der Waals surface area contributed by atoms with E-state index in [-0.39, 0.29) is 23.2 Å². The van der Waals surface area contributed by atoms with Crippen molar-refractivity contribution >= 4 is 29.4 Å². The third-order valence-electron chi connectivity index (χ3n) is 4.49. The topological polar surface area (TPSA) is 83.5 Å². The number of benzene rings is 1. The number of amides is 1. The smallest absolute Gasteiger partial charge is 0.308 e. The molecule has 5 nitrogen and oxygen atoms in total. The molecule has 0 radical (unpaired) electrons. The van der Waals surface area contributed by atoms with E-state index in [1.807, 2.05) is 13.0 Å². The highest BCUT2D eigenvalue weighted by molar-refractivity contribution is 8.00. The van der Waals surface area contributed by atoms with Crippen molar-refractivity contribution in [3.05, 3.63) is 35.9 Å². The van der Waals surface area contributed by atoms with Crippen molar-refractivity contribution in [2.24, 2.45) is 5.92 Å². The molecule has 1 amide bonds. The van der Waals surface area contributed by atoms with Crippen molar-refractivity contribution < 1.29 is 19.5 Å². The largest absolute Gasteiger partial charge is 0.481 e. The predicted octanol–water partition coefficient (Wildman–Crippen LogP) is 2.75. The molecular weight excluding hydrogens is 326 g/mol. The van der Waals surface area contributed by atoms with E-state index in [1.54, 1.807) is 24.3 Å². The number of rotatable bonds is 7. The minimum Gasteiger partial charge on any atom is -0.481 e. The maximum absolute atomic E-state index is 12.2. The highest BCUT2D eigenvalue weighted by atomic mass is 32.2. The first-order valence-electron chi connectivity index (χ1n) is 8.12. The first-order valence-corrected chi connectivity index (χ1v) is 9.27. The quantitative estimate of drug-likeness (QED) is 0.740. The summed E-state index contributed by atoms with van der Waals surface area (Å²) in [7, 11) is 0. The molecule has 6 heteroatoms. The van der Waals surface area contributed by atoms with Crippen LogP contribution in [-0.4, -0.2) is 39.8 Å². The summed E-state index contributed by atoms with van der Waals surface area (Å²) in [6.45, 7) is 1.81. The fourth-order valence-electron chi connectivity index (χ4n) is 3.18. The lowest BCUT2D eigenvalue weighted by atomic mass is 9.74. The van der Waals surface area contributed by atoms with Crippen molar-refractivity contribution in [1.29, 1.82) is 0 Å². The van der Waals surface area contributed by atoms with Gasteiger partial charge in [-0.1, -0.05) is 43.2 Å². The van der Waals surface area contributed by atoms with Gasteiger partial charge < -0.3 is 10.4 Å². The number of carboxylic acids is 1. The number of ketones is 1. The van der Waals surface area contributed by atoms with Crippen LogP contribution in [0, 0.1) is 5.92 Å². The summed E-state index contributed by atoms with van der Waals surface area (Å²) in [6.07, 6.45) is 3.05. The van der Waals surface area contributed by atoms with Crippen LogP contribution in [0.15, 0.2) is 30.3 Å². The third kappa shape index (κ3) is 4.84. The van der Waals surface area contributed by atoms with E-state index in [0.717, 1.165) is 12.8 Å². The zero-order chi connectivity index (χ0) is 17.6. The highest BCUT2D eigenvalue weighted by Gasteiger charge is 2.42. The number of aliphatic carboxylic acids is 1. The Morgan fingerprint density at radius 3 is 2.58 bits per heavy atom. The molecule has 0 heterocycles. The minimum atomic E-state index is -0.857. The maximum atomic E-state index is 12.2. The van der Waals surface area contributed by atoms with Gasteiger partial charge in [-0.25, -0.2) is 0 Å². The monoisotopic (exact) mass is 349 g/mol. The molecule has 130 valence electrons. The molecule has 2 atom stereocenters. The first-order chi connectivity index (χ1) is 11.4. The van der Waals surface area contributed by atoms with E-state index in [9.17, 15) is 19.5 Å². The molecule has 1 aliphatic carbocycles. The Morgan fingerprint density at radius 1 is 1.21 bits per heavy atom. The Labute approximate surface area is 146 Å². The average Bonchev–Trinajstić information content (AvgIpc) is 2.55. The predicted molar refractivity (Wildman–Crippen MR) is 94.2 cm³/mol. The number of hydrogen-bond acceptors (Lipinski definition) is 4. The molecular formula is C18H23NO4S. The molecule has 0 aromatic heterocycles. The molecule has 1 aliphatic rings. The van der Waals surface area contributed by atoms with Crippen molar-refractivity contribution in [2.75, 3.05) is 11.5 Å². The number of carboxylic acid groups (broad SMARTS) is 1. The third-order valence-corrected chi connectivity index (χ3v) is 5.43. The molecule has 1 aromatic carbocycles. The molecule has 0 bridgehead atoms. The number of nitrogens with one attached hydrogen (secondary N) is 1. The number of Topliss-reactive ketones (excluding diaryl/α,β-unsaturated/α-hetero) is 1. The SMILES string of the molecule is CC1(NC(=O)CSCC(=O)c2ccccc2)CCCCC1C(=O)O. The molecule has 0 saturated heterocycles. The fraction of sp³-hybridized carbons (Fsp3) is 0.500. The van der Waals surface area contributed by atoms with Crippen LogP contribution in [0.1, 0.15) is 43.0 Å². The van der Waals surface area contributed by atoms with Crippen molar-refractivity contribution in [3.8, 4) is 0 Å². The van der Waals surface area contributed by atoms with E-state index in [4.69, 9.17) is 0 Å². The van der Waals surface area contributed by atoms with Gasteiger partial charge in [0.15, 0.2) is 5.78 Å². The summed E-state index contributed by atoms with van der Waals surface area (Å²) in [5.41, 5.74) is -0.0684. The van der Waals surface area contributed by atoms with Gasteiger partial charge in [-0.05, 0) is 19.8 Å². The molecule has 2 rings (SSSR count). The maximum Gasteiger partial charge on any atom is 0.308 e. The van der Waals surface area contributed by atoms with Gasteiger partial charge in [-0.2, -0.15) is 0 Å². The van der Waals surface area contributed by atoms with Gasteiger partial charge in [0.2, 0.25) is 5.91 Å². The number of hydrogen-bond donors (Lipinski definition) is 2. The van der Waals surface area contributed by atoms with Crippen LogP contribution in [0.5, 0.6) is 0 Å². The Balaban J connectivity index is 1.82. The second-order valence-corrected chi connectivity index (χ2v) is 7.37. The Kier molecular flexibility index (Phi) is 6.43. The summed E-state index contributed by atoms with van der Waals surface area (Å²) in [4.78, 5) is 35.6. The summed E-state index contributed by atoms with van der Waals surface area (Å²) < 4.78 is 0. The normalized spacial score (nSPS) is 23.5. The van der Waals surface area contributed by atoms with Crippen LogP contribution >= 0.6 is 11.8 Å². The summed E-state index contributed by atoms with van der Waals surface area (Å²) in [6, 6.07) is 8.97. The van der Waals surface area contributed by atoms with E-state index in [1.165, 1.54) is 11.8 Å².